The molecular weight excluding hydrogens is 302 g/mol. The molecular formula is C16H35NO4S. The van der Waals surface area contributed by atoms with Crippen molar-refractivity contribution >= 4 is 10.1 Å². The van der Waals surface area contributed by atoms with E-state index in [9.17, 15) is 13.5 Å². The smallest absolute Gasteiger partial charge is 0.266 e. The van der Waals surface area contributed by atoms with Crippen LogP contribution in [0.3, 0.4) is 0 Å². The van der Waals surface area contributed by atoms with Crippen LogP contribution in [0.2, 0.25) is 0 Å². The molecule has 0 bridgehead atoms. The first kappa shape index (κ1) is 21.8. The Kier molecular flexibility index (Phi) is 14.3. The van der Waals surface area contributed by atoms with Gasteiger partial charge in [0.15, 0.2) is 0 Å². The van der Waals surface area contributed by atoms with E-state index in [2.05, 4.69) is 12.2 Å². The number of rotatable bonds is 16. The summed E-state index contributed by atoms with van der Waals surface area (Å²) in [5.74, 6) is -0.308. The zero-order valence-electron chi connectivity index (χ0n) is 14.1. The van der Waals surface area contributed by atoms with Crippen LogP contribution >= 0.6 is 0 Å². The van der Waals surface area contributed by atoms with Crippen molar-refractivity contribution in [1.82, 2.24) is 5.32 Å². The van der Waals surface area contributed by atoms with Crippen LogP contribution in [0.5, 0.6) is 0 Å². The second kappa shape index (κ2) is 14.4. The molecule has 0 aliphatic heterocycles. The molecule has 0 amide bonds. The molecule has 3 N–H and O–H groups in total. The molecule has 0 radical (unpaired) electrons. The zero-order valence-corrected chi connectivity index (χ0v) is 14.9. The zero-order chi connectivity index (χ0) is 16.7. The van der Waals surface area contributed by atoms with Gasteiger partial charge < -0.3 is 10.4 Å². The van der Waals surface area contributed by atoms with Gasteiger partial charge in [-0.05, 0) is 6.42 Å². The van der Waals surface area contributed by atoms with Crippen molar-refractivity contribution in [1.29, 1.82) is 0 Å². The number of aliphatic hydroxyl groups excluding tert-OH is 1. The molecule has 0 fully saturated rings. The molecule has 0 rings (SSSR count). The van der Waals surface area contributed by atoms with Gasteiger partial charge >= 0.3 is 0 Å². The maximum Gasteiger partial charge on any atom is 0.266 e. The third-order valence-electron chi connectivity index (χ3n) is 3.81. The molecule has 0 aromatic heterocycles. The molecule has 1 unspecified atom stereocenters. The van der Waals surface area contributed by atoms with Gasteiger partial charge in [0.2, 0.25) is 0 Å². The lowest BCUT2D eigenvalue weighted by Crippen LogP contribution is -2.30. The second-order valence-electron chi connectivity index (χ2n) is 6.11. The molecule has 0 saturated heterocycles. The Bertz CT molecular complexity index is 333. The van der Waals surface area contributed by atoms with Crippen LogP contribution in [0.15, 0.2) is 0 Å². The molecule has 0 saturated carbocycles. The number of hydrogen-bond donors (Lipinski definition) is 3. The molecule has 5 nitrogen and oxygen atoms in total. The van der Waals surface area contributed by atoms with E-state index in [0.29, 0.717) is 6.54 Å². The highest BCUT2D eigenvalue weighted by molar-refractivity contribution is 7.85. The van der Waals surface area contributed by atoms with E-state index in [-0.39, 0.29) is 12.3 Å². The van der Waals surface area contributed by atoms with E-state index in [4.69, 9.17) is 4.55 Å². The molecule has 0 spiro atoms. The molecule has 0 aliphatic rings. The summed E-state index contributed by atoms with van der Waals surface area (Å²) < 4.78 is 29.6. The lowest BCUT2D eigenvalue weighted by Gasteiger charge is -2.11. The summed E-state index contributed by atoms with van der Waals surface area (Å²) in [6.07, 6.45) is 13.0. The van der Waals surface area contributed by atoms with Crippen LogP contribution in [-0.4, -0.2) is 43.0 Å². The predicted molar refractivity (Wildman–Crippen MR) is 91.8 cm³/mol. The van der Waals surface area contributed by atoms with E-state index < -0.39 is 16.2 Å². The van der Waals surface area contributed by atoms with Crippen LogP contribution in [-0.2, 0) is 10.1 Å². The summed E-state index contributed by atoms with van der Waals surface area (Å²) in [5, 5.41) is 12.6. The summed E-state index contributed by atoms with van der Waals surface area (Å²) >= 11 is 0. The van der Waals surface area contributed by atoms with Gasteiger partial charge in [0.1, 0.15) is 0 Å². The fourth-order valence-electron chi connectivity index (χ4n) is 2.44. The van der Waals surface area contributed by atoms with Crippen molar-refractivity contribution in [3.63, 3.8) is 0 Å². The number of hydrogen-bond acceptors (Lipinski definition) is 4. The fourth-order valence-corrected chi connectivity index (χ4v) is 2.84. The van der Waals surface area contributed by atoms with Crippen molar-refractivity contribution < 1.29 is 18.1 Å². The fraction of sp³-hybridized carbons (Fsp3) is 1.00. The first-order chi connectivity index (χ1) is 10.5. The van der Waals surface area contributed by atoms with E-state index in [0.717, 1.165) is 19.3 Å². The van der Waals surface area contributed by atoms with Crippen molar-refractivity contribution in [2.75, 3.05) is 18.8 Å². The molecule has 6 heteroatoms. The highest BCUT2D eigenvalue weighted by atomic mass is 32.2. The predicted octanol–water partition coefficient (Wildman–Crippen LogP) is 3.14. The van der Waals surface area contributed by atoms with E-state index in [1.807, 2.05) is 0 Å². The molecule has 1 atom stereocenters. The molecule has 0 aromatic carbocycles. The molecule has 0 aliphatic carbocycles. The third-order valence-corrected chi connectivity index (χ3v) is 4.53. The van der Waals surface area contributed by atoms with Crippen molar-refractivity contribution in [3.05, 3.63) is 0 Å². The van der Waals surface area contributed by atoms with Gasteiger partial charge in [-0.2, -0.15) is 8.42 Å². The minimum atomic E-state index is -3.90. The standard InChI is InChI=1S/C16H35NO4S/c1-2-3-4-5-6-7-8-9-10-11-12-16(18)15-17-13-14-22(19,20)21/h16-18H,2-15H2,1H3,(H,19,20,21). The first-order valence-corrected chi connectivity index (χ1v) is 10.4. The van der Waals surface area contributed by atoms with Crippen molar-refractivity contribution in [2.24, 2.45) is 0 Å². The Labute approximate surface area is 136 Å². The summed E-state index contributed by atoms with van der Waals surface area (Å²) in [7, 11) is -3.90. The monoisotopic (exact) mass is 337 g/mol. The first-order valence-electron chi connectivity index (χ1n) is 8.79. The Balaban J connectivity index is 3.23. The molecule has 0 heterocycles. The van der Waals surface area contributed by atoms with Gasteiger partial charge in [0, 0.05) is 13.1 Å². The SMILES string of the molecule is CCCCCCCCCCCCC(O)CNCCS(=O)(=O)O. The average molecular weight is 338 g/mol. The quantitative estimate of drug-likeness (QED) is 0.297. The molecule has 22 heavy (non-hydrogen) atoms. The number of aliphatic hydroxyl groups is 1. The summed E-state index contributed by atoms with van der Waals surface area (Å²) in [6.45, 7) is 2.79. The Morgan fingerprint density at radius 2 is 1.41 bits per heavy atom. The van der Waals surface area contributed by atoms with Crippen molar-refractivity contribution in [3.8, 4) is 0 Å². The topological polar surface area (TPSA) is 86.6 Å². The van der Waals surface area contributed by atoms with Gasteiger partial charge in [-0.15, -0.1) is 0 Å². The average Bonchev–Trinajstić information content (AvgIpc) is 2.44. The second-order valence-corrected chi connectivity index (χ2v) is 7.69. The van der Waals surface area contributed by atoms with Gasteiger partial charge in [0.25, 0.3) is 10.1 Å². The minimum Gasteiger partial charge on any atom is -0.392 e. The van der Waals surface area contributed by atoms with E-state index in [1.165, 1.54) is 51.4 Å². The summed E-state index contributed by atoms with van der Waals surface area (Å²) in [5.41, 5.74) is 0. The highest BCUT2D eigenvalue weighted by Gasteiger charge is 2.06. The largest absolute Gasteiger partial charge is 0.392 e. The normalized spacial score (nSPS) is 13.4. The molecule has 0 aromatic rings. The Morgan fingerprint density at radius 1 is 0.909 bits per heavy atom. The summed E-state index contributed by atoms with van der Waals surface area (Å²) in [6, 6.07) is 0. The van der Waals surface area contributed by atoms with Gasteiger partial charge in [-0.1, -0.05) is 71.1 Å². The van der Waals surface area contributed by atoms with Crippen LogP contribution in [0, 0.1) is 0 Å². The Morgan fingerprint density at radius 3 is 1.91 bits per heavy atom. The van der Waals surface area contributed by atoms with E-state index >= 15 is 0 Å². The van der Waals surface area contributed by atoms with Crippen LogP contribution in [0.25, 0.3) is 0 Å². The van der Waals surface area contributed by atoms with Gasteiger partial charge in [0.05, 0.1) is 11.9 Å². The Hall–Kier alpha value is -0.170. The number of nitrogens with one attached hydrogen (secondary N) is 1. The maximum absolute atomic E-state index is 10.5. The lowest BCUT2D eigenvalue weighted by atomic mass is 10.0. The van der Waals surface area contributed by atoms with Gasteiger partial charge in [-0.25, -0.2) is 0 Å². The lowest BCUT2D eigenvalue weighted by molar-refractivity contribution is 0.158. The maximum atomic E-state index is 10.5. The van der Waals surface area contributed by atoms with Crippen LogP contribution in [0.4, 0.5) is 0 Å². The third kappa shape index (κ3) is 17.9. The highest BCUT2D eigenvalue weighted by Crippen LogP contribution is 2.11. The minimum absolute atomic E-state index is 0.175. The van der Waals surface area contributed by atoms with Gasteiger partial charge in [-0.3, -0.25) is 4.55 Å². The van der Waals surface area contributed by atoms with Crippen LogP contribution < -0.4 is 5.32 Å². The molecule has 134 valence electrons. The van der Waals surface area contributed by atoms with Crippen molar-refractivity contribution in [2.45, 2.75) is 83.7 Å². The summed E-state index contributed by atoms with van der Waals surface area (Å²) in [4.78, 5) is 0. The van der Waals surface area contributed by atoms with Crippen LogP contribution in [0.1, 0.15) is 77.6 Å². The number of unbranched alkanes of at least 4 members (excludes halogenated alkanes) is 9. The van der Waals surface area contributed by atoms with E-state index in [1.54, 1.807) is 0 Å².